The maximum Gasteiger partial charge on any atom is 0.168 e. The lowest BCUT2D eigenvalue weighted by molar-refractivity contribution is 0.0969. The van der Waals surface area contributed by atoms with Crippen LogP contribution in [0, 0.1) is 5.92 Å². The maximum atomic E-state index is 8.30. The molecule has 0 aromatic heterocycles. The van der Waals surface area contributed by atoms with Crippen LogP contribution in [0.3, 0.4) is 0 Å². The predicted octanol–water partition coefficient (Wildman–Crippen LogP) is 1.18. The van der Waals surface area contributed by atoms with Gasteiger partial charge in [0.25, 0.3) is 0 Å². The van der Waals surface area contributed by atoms with E-state index in [0.717, 1.165) is 6.42 Å². The summed E-state index contributed by atoms with van der Waals surface area (Å²) in [5, 5.41) is 11.2. The molecule has 0 saturated carbocycles. The second-order valence-corrected chi connectivity index (χ2v) is 3.22. The van der Waals surface area contributed by atoms with E-state index in [2.05, 4.69) is 19.0 Å². The molecule has 0 aliphatic rings. The minimum absolute atomic E-state index is 0.124. The lowest BCUT2D eigenvalue weighted by Crippen LogP contribution is -2.29. The highest BCUT2D eigenvalue weighted by molar-refractivity contribution is 5.83. The third-order valence-corrected chi connectivity index (χ3v) is 1.60. The molecule has 0 radical (unpaired) electrons. The van der Waals surface area contributed by atoms with Crippen molar-refractivity contribution in [2.24, 2.45) is 16.8 Å². The number of oxime groups is 1. The van der Waals surface area contributed by atoms with Crippen molar-refractivity contribution in [3.63, 3.8) is 0 Å². The zero-order valence-corrected chi connectivity index (χ0v) is 7.95. The minimum atomic E-state index is -0.297. The standard InChI is InChI=1S/C8H18N2O2/c1-6(2)4-5-12-7(3)8(9)10-11/h6-7,11H,4-5H2,1-3H3,(H2,9,10). The molecule has 72 valence electrons. The van der Waals surface area contributed by atoms with Gasteiger partial charge in [0.2, 0.25) is 0 Å². The number of amidine groups is 1. The van der Waals surface area contributed by atoms with Crippen molar-refractivity contribution in [3.8, 4) is 0 Å². The fraction of sp³-hybridized carbons (Fsp3) is 0.875. The summed E-state index contributed by atoms with van der Waals surface area (Å²) in [5.41, 5.74) is 5.31. The van der Waals surface area contributed by atoms with Crippen molar-refractivity contribution in [2.75, 3.05) is 6.61 Å². The van der Waals surface area contributed by atoms with Crippen molar-refractivity contribution in [2.45, 2.75) is 33.3 Å². The van der Waals surface area contributed by atoms with E-state index in [0.29, 0.717) is 12.5 Å². The van der Waals surface area contributed by atoms with Crippen molar-refractivity contribution >= 4 is 5.84 Å². The predicted molar refractivity (Wildman–Crippen MR) is 48.3 cm³/mol. The molecular weight excluding hydrogens is 156 g/mol. The number of hydrogen-bond acceptors (Lipinski definition) is 3. The van der Waals surface area contributed by atoms with Gasteiger partial charge in [-0.3, -0.25) is 0 Å². The van der Waals surface area contributed by atoms with Crippen LogP contribution >= 0.6 is 0 Å². The van der Waals surface area contributed by atoms with Gasteiger partial charge in [-0.2, -0.15) is 0 Å². The monoisotopic (exact) mass is 174 g/mol. The van der Waals surface area contributed by atoms with Crippen LogP contribution in [-0.2, 0) is 4.74 Å². The third-order valence-electron chi connectivity index (χ3n) is 1.60. The van der Waals surface area contributed by atoms with Crippen LogP contribution in [0.1, 0.15) is 27.2 Å². The minimum Gasteiger partial charge on any atom is -0.409 e. The van der Waals surface area contributed by atoms with E-state index in [1.165, 1.54) is 0 Å². The Morgan fingerprint density at radius 3 is 2.50 bits per heavy atom. The summed E-state index contributed by atoms with van der Waals surface area (Å²) >= 11 is 0. The van der Waals surface area contributed by atoms with E-state index in [1.54, 1.807) is 6.92 Å². The molecule has 1 atom stereocenters. The number of ether oxygens (including phenoxy) is 1. The smallest absolute Gasteiger partial charge is 0.168 e. The summed E-state index contributed by atoms with van der Waals surface area (Å²) in [6.45, 7) is 6.65. The van der Waals surface area contributed by atoms with Gasteiger partial charge in [-0.15, -0.1) is 0 Å². The van der Waals surface area contributed by atoms with E-state index in [9.17, 15) is 0 Å². The van der Waals surface area contributed by atoms with E-state index >= 15 is 0 Å². The topological polar surface area (TPSA) is 67.8 Å². The molecule has 0 aliphatic heterocycles. The maximum absolute atomic E-state index is 8.30. The molecule has 4 heteroatoms. The molecule has 0 spiro atoms. The first-order valence-corrected chi connectivity index (χ1v) is 4.17. The second-order valence-electron chi connectivity index (χ2n) is 3.22. The zero-order chi connectivity index (χ0) is 9.56. The molecule has 1 unspecified atom stereocenters. The van der Waals surface area contributed by atoms with Gasteiger partial charge in [0.05, 0.1) is 0 Å². The summed E-state index contributed by atoms with van der Waals surface area (Å²) in [5.74, 6) is 0.739. The Hall–Kier alpha value is -0.770. The molecule has 0 fully saturated rings. The highest BCUT2D eigenvalue weighted by Crippen LogP contribution is 2.01. The molecule has 0 saturated heterocycles. The van der Waals surface area contributed by atoms with Gasteiger partial charge in [-0.05, 0) is 19.3 Å². The van der Waals surface area contributed by atoms with Crippen LogP contribution in [0.4, 0.5) is 0 Å². The fourth-order valence-corrected chi connectivity index (χ4v) is 0.647. The van der Waals surface area contributed by atoms with E-state index in [4.69, 9.17) is 15.7 Å². The highest BCUT2D eigenvalue weighted by Gasteiger charge is 2.07. The Balaban J connectivity index is 3.51. The van der Waals surface area contributed by atoms with E-state index in [1.807, 2.05) is 0 Å². The molecule has 12 heavy (non-hydrogen) atoms. The number of nitrogens with zero attached hydrogens (tertiary/aromatic N) is 1. The number of rotatable bonds is 5. The largest absolute Gasteiger partial charge is 0.409 e. The molecule has 0 aliphatic carbocycles. The fourth-order valence-electron chi connectivity index (χ4n) is 0.647. The molecule has 0 bridgehead atoms. The van der Waals surface area contributed by atoms with Crippen LogP contribution in [-0.4, -0.2) is 23.8 Å². The van der Waals surface area contributed by atoms with E-state index in [-0.39, 0.29) is 11.9 Å². The molecule has 0 aromatic carbocycles. The molecule has 0 aromatic rings. The van der Waals surface area contributed by atoms with Crippen molar-refractivity contribution in [1.29, 1.82) is 0 Å². The number of hydrogen-bond donors (Lipinski definition) is 2. The first-order chi connectivity index (χ1) is 5.57. The van der Waals surface area contributed by atoms with Crippen molar-refractivity contribution < 1.29 is 9.94 Å². The second kappa shape index (κ2) is 5.83. The van der Waals surface area contributed by atoms with Crippen LogP contribution < -0.4 is 5.73 Å². The van der Waals surface area contributed by atoms with Gasteiger partial charge in [-0.1, -0.05) is 19.0 Å². The summed E-state index contributed by atoms with van der Waals surface area (Å²) in [7, 11) is 0. The Kier molecular flexibility index (Phi) is 5.45. The Morgan fingerprint density at radius 2 is 2.08 bits per heavy atom. The van der Waals surface area contributed by atoms with Gasteiger partial charge in [0, 0.05) is 6.61 Å². The van der Waals surface area contributed by atoms with E-state index < -0.39 is 0 Å². The van der Waals surface area contributed by atoms with Crippen LogP contribution in [0.5, 0.6) is 0 Å². The average Bonchev–Trinajstić information content (AvgIpc) is 2.02. The molecule has 4 nitrogen and oxygen atoms in total. The third kappa shape index (κ3) is 4.96. The molecular formula is C8H18N2O2. The zero-order valence-electron chi connectivity index (χ0n) is 7.95. The van der Waals surface area contributed by atoms with Crippen molar-refractivity contribution in [3.05, 3.63) is 0 Å². The number of nitrogens with two attached hydrogens (primary N) is 1. The lowest BCUT2D eigenvalue weighted by atomic mass is 10.1. The molecule has 0 amide bonds. The summed E-state index contributed by atoms with van der Waals surface area (Å²) in [4.78, 5) is 0. The van der Waals surface area contributed by atoms with Crippen LogP contribution in [0.15, 0.2) is 5.16 Å². The average molecular weight is 174 g/mol. The first-order valence-electron chi connectivity index (χ1n) is 4.17. The normalized spacial score (nSPS) is 15.2. The molecule has 0 rings (SSSR count). The molecule has 3 N–H and O–H groups in total. The van der Waals surface area contributed by atoms with Gasteiger partial charge in [0.15, 0.2) is 5.84 Å². The Morgan fingerprint density at radius 1 is 1.50 bits per heavy atom. The Labute approximate surface area is 73.4 Å². The molecule has 0 heterocycles. The van der Waals surface area contributed by atoms with Gasteiger partial charge in [0.1, 0.15) is 6.10 Å². The summed E-state index contributed by atoms with van der Waals surface area (Å²) in [6.07, 6.45) is 0.692. The highest BCUT2D eigenvalue weighted by atomic mass is 16.5. The van der Waals surface area contributed by atoms with Crippen LogP contribution in [0.25, 0.3) is 0 Å². The van der Waals surface area contributed by atoms with Crippen molar-refractivity contribution in [1.82, 2.24) is 0 Å². The first kappa shape index (κ1) is 11.2. The summed E-state index contributed by atoms with van der Waals surface area (Å²) in [6, 6.07) is 0. The summed E-state index contributed by atoms with van der Waals surface area (Å²) < 4.78 is 5.29. The lowest BCUT2D eigenvalue weighted by Gasteiger charge is -2.11. The SMILES string of the molecule is CC(C)CCOC(C)C(N)=NO. The van der Waals surface area contributed by atoms with Gasteiger partial charge in [-0.25, -0.2) is 0 Å². The van der Waals surface area contributed by atoms with Crippen LogP contribution in [0.2, 0.25) is 0 Å². The van der Waals surface area contributed by atoms with Gasteiger partial charge >= 0.3 is 0 Å². The Bertz CT molecular complexity index is 146. The van der Waals surface area contributed by atoms with Gasteiger partial charge < -0.3 is 15.7 Å². The quantitative estimate of drug-likeness (QED) is 0.284.